The summed E-state index contributed by atoms with van der Waals surface area (Å²) in [4.78, 5) is 12.5. The van der Waals surface area contributed by atoms with Crippen molar-refractivity contribution in [2.75, 3.05) is 5.32 Å². The maximum absolute atomic E-state index is 12.9. The highest BCUT2D eigenvalue weighted by atomic mass is 79.9. The molecule has 0 aliphatic carbocycles. The minimum Gasteiger partial charge on any atom is -0.484 e. The summed E-state index contributed by atoms with van der Waals surface area (Å²) in [6.07, 6.45) is -1.51. The zero-order valence-electron chi connectivity index (χ0n) is 17.3. The van der Waals surface area contributed by atoms with Gasteiger partial charge in [-0.1, -0.05) is 39.7 Å². The Morgan fingerprint density at radius 3 is 2.76 bits per heavy atom. The number of nitrogens with one attached hydrogen (secondary N) is 1. The summed E-state index contributed by atoms with van der Waals surface area (Å²) in [7, 11) is 0. The van der Waals surface area contributed by atoms with Gasteiger partial charge >= 0.3 is 6.18 Å². The van der Waals surface area contributed by atoms with E-state index in [9.17, 15) is 18.0 Å². The molecule has 0 spiro atoms. The van der Waals surface area contributed by atoms with Gasteiger partial charge in [-0.15, -0.1) is 0 Å². The van der Waals surface area contributed by atoms with Crippen LogP contribution < -0.4 is 10.1 Å². The van der Waals surface area contributed by atoms with Crippen molar-refractivity contribution in [2.45, 2.75) is 19.3 Å². The highest BCUT2D eigenvalue weighted by molar-refractivity contribution is 9.10. The van der Waals surface area contributed by atoms with E-state index in [1.807, 2.05) is 0 Å². The van der Waals surface area contributed by atoms with Crippen LogP contribution in [0.4, 0.5) is 18.9 Å². The number of amides is 1. The highest BCUT2D eigenvalue weighted by Gasteiger charge is 2.30. The molecule has 176 valence electrons. The fourth-order valence-electron chi connectivity index (χ4n) is 3.06. The van der Waals surface area contributed by atoms with Crippen molar-refractivity contribution in [3.05, 3.63) is 99.1 Å². The van der Waals surface area contributed by atoms with E-state index in [1.54, 1.807) is 30.3 Å². The maximum Gasteiger partial charge on any atom is 0.416 e. The number of anilines is 1. The second kappa shape index (κ2) is 9.94. The van der Waals surface area contributed by atoms with E-state index in [2.05, 4.69) is 26.3 Å². The van der Waals surface area contributed by atoms with Gasteiger partial charge in [0.15, 0.2) is 5.76 Å². The molecule has 2 aromatic carbocycles. The first-order chi connectivity index (χ1) is 16.2. The monoisotopic (exact) mass is 553 g/mol. The molecule has 0 saturated carbocycles. The number of nitrogens with zero attached hydrogens (tertiary/aromatic N) is 2. The molecule has 0 fully saturated rings. The van der Waals surface area contributed by atoms with E-state index in [1.165, 1.54) is 29.2 Å². The zero-order chi connectivity index (χ0) is 24.3. The topological polar surface area (TPSA) is 69.3 Å². The summed E-state index contributed by atoms with van der Waals surface area (Å²) in [6, 6.07) is 13.3. The number of aromatic nitrogens is 2. The van der Waals surface area contributed by atoms with Gasteiger partial charge in [0, 0.05) is 10.7 Å². The van der Waals surface area contributed by atoms with Crippen molar-refractivity contribution in [2.24, 2.45) is 0 Å². The third kappa shape index (κ3) is 6.00. The molecule has 0 aliphatic heterocycles. The number of carbonyl (C=O) groups excluding carboxylic acids is 1. The average Bonchev–Trinajstić information content (AvgIpc) is 3.42. The highest BCUT2D eigenvalue weighted by Crippen LogP contribution is 2.30. The van der Waals surface area contributed by atoms with Crippen LogP contribution in [-0.2, 0) is 19.3 Å². The number of furan rings is 1. The molecule has 0 aliphatic rings. The predicted octanol–water partition coefficient (Wildman–Crippen LogP) is 6.79. The molecule has 4 rings (SSSR count). The number of carbonyl (C=O) groups is 1. The van der Waals surface area contributed by atoms with Crippen LogP contribution in [0.15, 0.2) is 75.9 Å². The van der Waals surface area contributed by atoms with Crippen molar-refractivity contribution in [1.82, 2.24) is 9.78 Å². The first-order valence-electron chi connectivity index (χ1n) is 9.84. The molecule has 0 atom stereocenters. The van der Waals surface area contributed by atoms with Crippen LogP contribution in [0.25, 0.3) is 0 Å². The summed E-state index contributed by atoms with van der Waals surface area (Å²) < 4.78 is 52.1. The van der Waals surface area contributed by atoms with E-state index in [0.29, 0.717) is 27.8 Å². The molecule has 4 aromatic rings. The number of benzene rings is 2. The third-order valence-corrected chi connectivity index (χ3v) is 5.43. The van der Waals surface area contributed by atoms with Gasteiger partial charge in [-0.05, 0) is 48.0 Å². The number of rotatable bonds is 7. The minimum absolute atomic E-state index is 0.0612. The summed E-state index contributed by atoms with van der Waals surface area (Å²) in [5, 5.41) is 7.16. The van der Waals surface area contributed by atoms with E-state index in [0.717, 1.165) is 16.6 Å². The Balaban J connectivity index is 1.35. The van der Waals surface area contributed by atoms with Crippen LogP contribution in [0.3, 0.4) is 0 Å². The lowest BCUT2D eigenvalue weighted by atomic mass is 10.1. The Morgan fingerprint density at radius 2 is 2.00 bits per heavy atom. The molecule has 2 heterocycles. The first-order valence-corrected chi connectivity index (χ1v) is 11.0. The lowest BCUT2D eigenvalue weighted by molar-refractivity contribution is -0.137. The van der Waals surface area contributed by atoms with Crippen LogP contribution in [0.2, 0.25) is 5.02 Å². The fourth-order valence-corrected chi connectivity index (χ4v) is 3.79. The standard InChI is InChI=1S/C23H16BrClF3N3O3/c24-16-4-6-20(19(25)9-16)33-13-18-5-7-21(34-18)22(32)30-17-10-29-31(12-17)11-14-2-1-3-15(8-14)23(26,27)28/h1-10,12H,11,13H2,(H,30,32). The minimum atomic E-state index is -4.42. The van der Waals surface area contributed by atoms with Crippen molar-refractivity contribution in [1.29, 1.82) is 0 Å². The predicted molar refractivity (Wildman–Crippen MR) is 123 cm³/mol. The summed E-state index contributed by atoms with van der Waals surface area (Å²) in [5.41, 5.74) is 0.0656. The second-order valence-corrected chi connectivity index (χ2v) is 8.53. The van der Waals surface area contributed by atoms with Gasteiger partial charge in [-0.3, -0.25) is 9.48 Å². The molecular weight excluding hydrogens is 539 g/mol. The number of ether oxygens (including phenoxy) is 1. The lowest BCUT2D eigenvalue weighted by Crippen LogP contribution is -2.10. The molecule has 0 bridgehead atoms. The zero-order valence-corrected chi connectivity index (χ0v) is 19.6. The summed E-state index contributed by atoms with van der Waals surface area (Å²) in [5.74, 6) is 0.447. The molecule has 0 saturated heterocycles. The van der Waals surface area contributed by atoms with Crippen LogP contribution in [0.5, 0.6) is 5.75 Å². The fraction of sp³-hybridized carbons (Fsp3) is 0.130. The lowest BCUT2D eigenvalue weighted by Gasteiger charge is -2.08. The molecule has 6 nitrogen and oxygen atoms in total. The molecular formula is C23H16BrClF3N3O3. The van der Waals surface area contributed by atoms with Crippen molar-refractivity contribution in [3.63, 3.8) is 0 Å². The van der Waals surface area contributed by atoms with Crippen LogP contribution >= 0.6 is 27.5 Å². The molecule has 0 unspecified atom stereocenters. The van der Waals surface area contributed by atoms with E-state index < -0.39 is 17.6 Å². The average molecular weight is 555 g/mol. The van der Waals surface area contributed by atoms with Crippen molar-refractivity contribution < 1.29 is 27.1 Å². The largest absolute Gasteiger partial charge is 0.484 e. The van der Waals surface area contributed by atoms with E-state index >= 15 is 0 Å². The van der Waals surface area contributed by atoms with Gasteiger partial charge in [0.05, 0.1) is 29.0 Å². The summed E-state index contributed by atoms with van der Waals surface area (Å²) >= 11 is 9.43. The maximum atomic E-state index is 12.9. The van der Waals surface area contributed by atoms with Gasteiger partial charge in [0.25, 0.3) is 5.91 Å². The molecule has 1 N–H and O–H groups in total. The summed E-state index contributed by atoms with van der Waals surface area (Å²) in [6.45, 7) is 0.185. The smallest absolute Gasteiger partial charge is 0.416 e. The van der Waals surface area contributed by atoms with Crippen molar-refractivity contribution in [3.8, 4) is 5.75 Å². The van der Waals surface area contributed by atoms with Crippen LogP contribution in [0.1, 0.15) is 27.4 Å². The number of hydrogen-bond donors (Lipinski definition) is 1. The quantitative estimate of drug-likeness (QED) is 0.273. The first kappa shape index (κ1) is 23.9. The third-order valence-electron chi connectivity index (χ3n) is 4.64. The Morgan fingerprint density at radius 1 is 1.18 bits per heavy atom. The van der Waals surface area contributed by atoms with Gasteiger partial charge in [0.1, 0.15) is 18.1 Å². The van der Waals surface area contributed by atoms with E-state index in [4.69, 9.17) is 20.8 Å². The Bertz CT molecular complexity index is 1320. The molecule has 1 amide bonds. The van der Waals surface area contributed by atoms with Crippen molar-refractivity contribution >= 4 is 39.1 Å². The van der Waals surface area contributed by atoms with Crippen LogP contribution in [-0.4, -0.2) is 15.7 Å². The van der Waals surface area contributed by atoms with Crippen LogP contribution in [0, 0.1) is 0 Å². The molecule has 2 aromatic heterocycles. The SMILES string of the molecule is O=C(Nc1cnn(Cc2cccc(C(F)(F)F)c2)c1)c1ccc(COc2ccc(Br)cc2Cl)o1. The molecule has 34 heavy (non-hydrogen) atoms. The van der Waals surface area contributed by atoms with Gasteiger partial charge in [-0.2, -0.15) is 18.3 Å². The molecule has 11 heteroatoms. The normalized spacial score (nSPS) is 11.4. The Hall–Kier alpha value is -3.24. The Kier molecular flexibility index (Phi) is 6.99. The number of alkyl halides is 3. The molecule has 0 radical (unpaired) electrons. The van der Waals surface area contributed by atoms with E-state index in [-0.39, 0.29) is 18.9 Å². The number of halogens is 5. The van der Waals surface area contributed by atoms with Gasteiger partial charge in [0.2, 0.25) is 0 Å². The number of hydrogen-bond acceptors (Lipinski definition) is 4. The second-order valence-electron chi connectivity index (χ2n) is 7.21. The van der Waals surface area contributed by atoms with Gasteiger partial charge < -0.3 is 14.5 Å². The Labute approximate surface area is 205 Å². The van der Waals surface area contributed by atoms with Gasteiger partial charge in [-0.25, -0.2) is 0 Å².